The number of aryl methyl sites for hydroxylation is 2. The summed E-state index contributed by atoms with van der Waals surface area (Å²) in [7, 11) is 3.30. The van der Waals surface area contributed by atoms with E-state index in [1.54, 1.807) is 24.0 Å². The Kier molecular flexibility index (Phi) is 2.00. The van der Waals surface area contributed by atoms with Gasteiger partial charge in [-0.3, -0.25) is 0 Å². The Hall–Kier alpha value is -2.18. The van der Waals surface area contributed by atoms with Crippen molar-refractivity contribution in [3.63, 3.8) is 0 Å². The number of imidazole rings is 1. The lowest BCUT2D eigenvalue weighted by Gasteiger charge is -1.99. The fraction of sp³-hybridized carbons (Fsp3) is 0.250. The predicted octanol–water partition coefficient (Wildman–Crippen LogP) is -0.0862. The molecule has 0 aromatic carbocycles. The van der Waals surface area contributed by atoms with Crippen molar-refractivity contribution in [1.29, 1.82) is 0 Å². The van der Waals surface area contributed by atoms with Gasteiger partial charge in [0.05, 0.1) is 0 Å². The summed E-state index contributed by atoms with van der Waals surface area (Å²) in [5, 5.41) is 16.4. The number of carboxylic acid groups (broad SMARTS) is 1. The van der Waals surface area contributed by atoms with Crippen LogP contribution in [-0.2, 0) is 14.1 Å². The lowest BCUT2D eigenvalue weighted by molar-refractivity contribution is 0.0686. The van der Waals surface area contributed by atoms with Crippen LogP contribution in [0.1, 0.15) is 10.5 Å². The highest BCUT2D eigenvalue weighted by Crippen LogP contribution is 2.17. The second-order valence-corrected chi connectivity index (χ2v) is 3.08. The first kappa shape index (κ1) is 9.38. The molecule has 0 radical (unpaired) electrons. The summed E-state index contributed by atoms with van der Waals surface area (Å²) < 4.78 is 2.91. The summed E-state index contributed by atoms with van der Waals surface area (Å²) in [6.45, 7) is 0. The first-order valence-corrected chi connectivity index (χ1v) is 4.22. The van der Waals surface area contributed by atoms with Gasteiger partial charge in [-0.25, -0.2) is 14.5 Å². The Morgan fingerprint density at radius 1 is 1.47 bits per heavy atom. The quantitative estimate of drug-likeness (QED) is 0.744. The van der Waals surface area contributed by atoms with Gasteiger partial charge < -0.3 is 9.67 Å². The number of rotatable bonds is 2. The standard InChI is InChI=1S/C8H9N5O2/c1-12-4-3-9-7(12)5-6(8(14)15)13(2)11-10-5/h3-4H,1-2H3,(H,14,15). The van der Waals surface area contributed by atoms with Gasteiger partial charge in [0, 0.05) is 26.5 Å². The zero-order chi connectivity index (χ0) is 11.0. The third-order valence-electron chi connectivity index (χ3n) is 2.06. The SMILES string of the molecule is Cn1ccnc1-c1nnn(C)c1C(=O)O. The lowest BCUT2D eigenvalue weighted by Crippen LogP contribution is -2.07. The fourth-order valence-corrected chi connectivity index (χ4v) is 1.34. The molecule has 0 saturated heterocycles. The van der Waals surface area contributed by atoms with E-state index in [0.717, 1.165) is 0 Å². The van der Waals surface area contributed by atoms with Crippen molar-refractivity contribution in [2.75, 3.05) is 0 Å². The van der Waals surface area contributed by atoms with E-state index in [1.165, 1.54) is 11.7 Å². The van der Waals surface area contributed by atoms with Crippen LogP contribution in [0.3, 0.4) is 0 Å². The van der Waals surface area contributed by atoms with Crippen LogP contribution in [0.4, 0.5) is 0 Å². The largest absolute Gasteiger partial charge is 0.476 e. The highest BCUT2D eigenvalue weighted by Gasteiger charge is 2.21. The molecule has 2 rings (SSSR count). The average Bonchev–Trinajstić information content (AvgIpc) is 2.71. The summed E-state index contributed by atoms with van der Waals surface area (Å²) in [6, 6.07) is 0. The van der Waals surface area contributed by atoms with Gasteiger partial charge in [0.1, 0.15) is 0 Å². The van der Waals surface area contributed by atoms with E-state index in [-0.39, 0.29) is 11.4 Å². The molecule has 7 nitrogen and oxygen atoms in total. The van der Waals surface area contributed by atoms with Gasteiger partial charge in [-0.2, -0.15) is 0 Å². The number of carboxylic acids is 1. The molecule has 7 heteroatoms. The van der Waals surface area contributed by atoms with Crippen molar-refractivity contribution in [1.82, 2.24) is 24.5 Å². The molecule has 0 fully saturated rings. The Bertz CT molecular complexity index is 513. The van der Waals surface area contributed by atoms with Gasteiger partial charge in [0.2, 0.25) is 0 Å². The first-order valence-electron chi connectivity index (χ1n) is 4.22. The van der Waals surface area contributed by atoms with Crippen LogP contribution in [0.15, 0.2) is 12.4 Å². The third-order valence-corrected chi connectivity index (χ3v) is 2.06. The van der Waals surface area contributed by atoms with E-state index in [4.69, 9.17) is 5.11 Å². The molecule has 2 heterocycles. The summed E-state index contributed by atoms with van der Waals surface area (Å²) >= 11 is 0. The van der Waals surface area contributed by atoms with Gasteiger partial charge >= 0.3 is 5.97 Å². The van der Waals surface area contributed by atoms with E-state index >= 15 is 0 Å². The zero-order valence-electron chi connectivity index (χ0n) is 8.25. The van der Waals surface area contributed by atoms with Crippen molar-refractivity contribution in [2.24, 2.45) is 14.1 Å². The fourth-order valence-electron chi connectivity index (χ4n) is 1.34. The van der Waals surface area contributed by atoms with Gasteiger partial charge in [-0.15, -0.1) is 5.10 Å². The molecule has 0 bridgehead atoms. The minimum Gasteiger partial charge on any atom is -0.476 e. The van der Waals surface area contributed by atoms with E-state index in [9.17, 15) is 4.79 Å². The van der Waals surface area contributed by atoms with Gasteiger partial charge in [0.15, 0.2) is 17.2 Å². The Labute approximate surface area is 85.0 Å². The summed E-state index contributed by atoms with van der Waals surface area (Å²) in [5.41, 5.74) is 0.307. The molecular formula is C8H9N5O2. The molecule has 0 amide bonds. The lowest BCUT2D eigenvalue weighted by atomic mass is 10.3. The Morgan fingerprint density at radius 3 is 2.73 bits per heavy atom. The molecule has 0 saturated carbocycles. The highest BCUT2D eigenvalue weighted by molar-refractivity contribution is 5.91. The van der Waals surface area contributed by atoms with Crippen LogP contribution in [-0.4, -0.2) is 35.6 Å². The molecule has 0 aliphatic rings. The maximum atomic E-state index is 11.0. The molecule has 2 aromatic heterocycles. The third kappa shape index (κ3) is 1.37. The van der Waals surface area contributed by atoms with E-state index in [0.29, 0.717) is 5.82 Å². The van der Waals surface area contributed by atoms with Crippen LogP contribution in [0.25, 0.3) is 11.5 Å². The molecule has 0 spiro atoms. The minimum atomic E-state index is -1.07. The second-order valence-electron chi connectivity index (χ2n) is 3.08. The van der Waals surface area contributed by atoms with Gasteiger partial charge in [-0.1, -0.05) is 5.21 Å². The Balaban J connectivity index is 2.64. The Morgan fingerprint density at radius 2 is 2.20 bits per heavy atom. The van der Waals surface area contributed by atoms with Crippen molar-refractivity contribution in [3.8, 4) is 11.5 Å². The van der Waals surface area contributed by atoms with Gasteiger partial charge in [-0.05, 0) is 0 Å². The molecule has 0 atom stereocenters. The minimum absolute atomic E-state index is 0.0318. The molecule has 2 aromatic rings. The van der Waals surface area contributed by atoms with Crippen LogP contribution in [0, 0.1) is 0 Å². The van der Waals surface area contributed by atoms with E-state index < -0.39 is 5.97 Å². The molecule has 0 aliphatic heterocycles. The summed E-state index contributed by atoms with van der Waals surface area (Å²) in [5.74, 6) is -0.582. The predicted molar refractivity (Wildman–Crippen MR) is 50.2 cm³/mol. The molecule has 0 aliphatic carbocycles. The molecule has 78 valence electrons. The summed E-state index contributed by atoms with van der Waals surface area (Å²) in [4.78, 5) is 15.0. The van der Waals surface area contributed by atoms with Crippen LogP contribution < -0.4 is 0 Å². The number of aromatic carboxylic acids is 1. The zero-order valence-corrected chi connectivity index (χ0v) is 8.25. The summed E-state index contributed by atoms with van der Waals surface area (Å²) in [6.07, 6.45) is 3.30. The molecular weight excluding hydrogens is 198 g/mol. The second kappa shape index (κ2) is 3.19. The van der Waals surface area contributed by atoms with Crippen molar-refractivity contribution in [3.05, 3.63) is 18.1 Å². The average molecular weight is 207 g/mol. The van der Waals surface area contributed by atoms with Crippen LogP contribution >= 0.6 is 0 Å². The smallest absolute Gasteiger partial charge is 0.356 e. The van der Waals surface area contributed by atoms with E-state index in [2.05, 4.69) is 15.3 Å². The molecule has 1 N–H and O–H groups in total. The molecule has 0 unspecified atom stereocenters. The van der Waals surface area contributed by atoms with Crippen LogP contribution in [0.2, 0.25) is 0 Å². The number of carbonyl (C=O) groups is 1. The number of hydrogen-bond donors (Lipinski definition) is 1. The number of hydrogen-bond acceptors (Lipinski definition) is 4. The topological polar surface area (TPSA) is 85.8 Å². The monoisotopic (exact) mass is 207 g/mol. The van der Waals surface area contributed by atoms with Crippen molar-refractivity contribution in [2.45, 2.75) is 0 Å². The number of aromatic nitrogens is 5. The molecule has 15 heavy (non-hydrogen) atoms. The normalized spacial score (nSPS) is 10.5. The highest BCUT2D eigenvalue weighted by atomic mass is 16.4. The van der Waals surface area contributed by atoms with Crippen LogP contribution in [0.5, 0.6) is 0 Å². The van der Waals surface area contributed by atoms with E-state index in [1.807, 2.05) is 0 Å². The maximum absolute atomic E-state index is 11.0. The van der Waals surface area contributed by atoms with Crippen molar-refractivity contribution < 1.29 is 9.90 Å². The van der Waals surface area contributed by atoms with Gasteiger partial charge in [0.25, 0.3) is 0 Å². The van der Waals surface area contributed by atoms with Crippen molar-refractivity contribution >= 4 is 5.97 Å². The first-order chi connectivity index (χ1) is 7.11. The number of nitrogens with zero attached hydrogens (tertiary/aromatic N) is 5. The maximum Gasteiger partial charge on any atom is 0.356 e.